The van der Waals surface area contributed by atoms with E-state index in [0.717, 1.165) is 29.7 Å². The van der Waals surface area contributed by atoms with E-state index in [9.17, 15) is 9.59 Å². The maximum Gasteiger partial charge on any atom is 0.321 e. The maximum atomic E-state index is 11.9. The highest BCUT2D eigenvalue weighted by molar-refractivity contribution is 5.98. The molecule has 0 saturated heterocycles. The van der Waals surface area contributed by atoms with Gasteiger partial charge in [0.05, 0.1) is 0 Å². The lowest BCUT2D eigenvalue weighted by atomic mass is 10.0. The Morgan fingerprint density at radius 3 is 2.94 bits per heavy atom. The highest BCUT2D eigenvalue weighted by Gasteiger charge is 2.20. The summed E-state index contributed by atoms with van der Waals surface area (Å²) in [5, 5.41) is 2.79. The number of unbranched alkanes of at least 4 members (excludes halogenated alkanes) is 1. The molecule has 18 heavy (non-hydrogen) atoms. The average Bonchev–Trinajstić information content (AvgIpc) is 2.36. The highest BCUT2D eigenvalue weighted by atomic mass is 16.2. The Balaban J connectivity index is 2.19. The van der Waals surface area contributed by atoms with Crippen LogP contribution in [0.5, 0.6) is 0 Å². The summed E-state index contributed by atoms with van der Waals surface area (Å²) in [4.78, 5) is 25.0. The Labute approximate surface area is 107 Å². The second-order valence-electron chi connectivity index (χ2n) is 4.68. The number of amides is 2. The number of carbonyl (C=O) groups excluding carboxylic acids is 2. The summed E-state index contributed by atoms with van der Waals surface area (Å²) in [6.45, 7) is 2.63. The molecule has 0 spiro atoms. The number of carbonyl (C=O) groups is 2. The van der Waals surface area contributed by atoms with Gasteiger partial charge in [0.2, 0.25) is 0 Å². The molecule has 1 aliphatic heterocycles. The molecule has 2 rings (SSSR count). The fourth-order valence-electron chi connectivity index (χ4n) is 2.04. The first kappa shape index (κ1) is 12.6. The third kappa shape index (κ3) is 2.53. The molecule has 1 N–H and O–H groups in total. The minimum atomic E-state index is -0.104. The standard InChI is InChI=1S/C14H18N2O2/c1-3-4-5-13(17)10-6-7-12-11(8-10)9-16(2)14(18)15-12/h6-8H,3-5,9H2,1-2H3,(H,15,18). The molecular weight excluding hydrogens is 228 g/mol. The van der Waals surface area contributed by atoms with E-state index in [2.05, 4.69) is 12.2 Å². The van der Waals surface area contributed by atoms with Crippen LogP contribution >= 0.6 is 0 Å². The molecule has 0 aromatic heterocycles. The van der Waals surface area contributed by atoms with Gasteiger partial charge in [-0.3, -0.25) is 4.79 Å². The monoisotopic (exact) mass is 246 g/mol. The van der Waals surface area contributed by atoms with Gasteiger partial charge in [-0.15, -0.1) is 0 Å². The molecule has 0 radical (unpaired) electrons. The number of ketones is 1. The first-order valence-electron chi connectivity index (χ1n) is 6.30. The maximum absolute atomic E-state index is 11.9. The lowest BCUT2D eigenvalue weighted by Gasteiger charge is -2.26. The zero-order chi connectivity index (χ0) is 13.1. The number of Topliss-reactive ketones (excluding diaryl/α,β-unsaturated/α-hetero) is 1. The molecule has 2 amide bonds. The van der Waals surface area contributed by atoms with E-state index in [1.807, 2.05) is 12.1 Å². The first-order chi connectivity index (χ1) is 8.61. The smallest absolute Gasteiger partial charge is 0.321 e. The van der Waals surface area contributed by atoms with E-state index in [-0.39, 0.29) is 11.8 Å². The van der Waals surface area contributed by atoms with Crippen molar-refractivity contribution in [3.8, 4) is 0 Å². The second-order valence-corrected chi connectivity index (χ2v) is 4.68. The number of hydrogen-bond donors (Lipinski definition) is 1. The van der Waals surface area contributed by atoms with Gasteiger partial charge in [0.1, 0.15) is 0 Å². The van der Waals surface area contributed by atoms with Crippen molar-refractivity contribution in [3.05, 3.63) is 29.3 Å². The summed E-state index contributed by atoms with van der Waals surface area (Å²) in [6, 6.07) is 5.40. The van der Waals surface area contributed by atoms with Gasteiger partial charge in [-0.1, -0.05) is 13.3 Å². The van der Waals surface area contributed by atoms with Gasteiger partial charge in [0.25, 0.3) is 0 Å². The largest absolute Gasteiger partial charge is 0.323 e. The summed E-state index contributed by atoms with van der Waals surface area (Å²) in [7, 11) is 1.74. The predicted molar refractivity (Wildman–Crippen MR) is 70.8 cm³/mol. The van der Waals surface area contributed by atoms with Crippen LogP contribution in [0.2, 0.25) is 0 Å². The SMILES string of the molecule is CCCCC(=O)c1ccc2c(c1)CN(C)C(=O)N2. The third-order valence-electron chi connectivity index (χ3n) is 3.18. The summed E-state index contributed by atoms with van der Waals surface area (Å²) in [6.07, 6.45) is 2.54. The van der Waals surface area contributed by atoms with Crippen LogP contribution in [0, 0.1) is 0 Å². The van der Waals surface area contributed by atoms with Crippen molar-refractivity contribution in [2.75, 3.05) is 12.4 Å². The van der Waals surface area contributed by atoms with Crippen LogP contribution in [0.1, 0.15) is 42.1 Å². The molecule has 0 unspecified atom stereocenters. The Kier molecular flexibility index (Phi) is 3.65. The molecule has 1 aromatic carbocycles. The zero-order valence-corrected chi connectivity index (χ0v) is 10.8. The Bertz CT molecular complexity index is 483. The molecule has 0 saturated carbocycles. The van der Waals surface area contributed by atoms with Crippen LogP contribution in [0.3, 0.4) is 0 Å². The fraction of sp³-hybridized carbons (Fsp3) is 0.429. The van der Waals surface area contributed by atoms with E-state index in [1.54, 1.807) is 18.0 Å². The van der Waals surface area contributed by atoms with Gasteiger partial charge in [-0.25, -0.2) is 4.79 Å². The van der Waals surface area contributed by atoms with Gasteiger partial charge in [-0.2, -0.15) is 0 Å². The molecule has 0 atom stereocenters. The van der Waals surface area contributed by atoms with Crippen LogP contribution in [0.15, 0.2) is 18.2 Å². The molecule has 0 bridgehead atoms. The summed E-state index contributed by atoms with van der Waals surface area (Å²) in [5.41, 5.74) is 2.55. The van der Waals surface area contributed by atoms with Gasteiger partial charge in [0.15, 0.2) is 5.78 Å². The zero-order valence-electron chi connectivity index (χ0n) is 10.8. The molecular formula is C14H18N2O2. The quantitative estimate of drug-likeness (QED) is 0.830. The van der Waals surface area contributed by atoms with E-state index in [4.69, 9.17) is 0 Å². The van der Waals surface area contributed by atoms with Gasteiger partial charge in [-0.05, 0) is 30.2 Å². The molecule has 1 aromatic rings. The lowest BCUT2D eigenvalue weighted by molar-refractivity contribution is 0.0979. The van der Waals surface area contributed by atoms with Crippen LogP contribution in [0.25, 0.3) is 0 Å². The minimum absolute atomic E-state index is 0.104. The number of benzene rings is 1. The molecule has 0 fully saturated rings. The van der Waals surface area contributed by atoms with Gasteiger partial charge < -0.3 is 10.2 Å². The van der Waals surface area contributed by atoms with Crippen molar-refractivity contribution in [2.45, 2.75) is 32.7 Å². The van der Waals surface area contributed by atoms with Crippen molar-refractivity contribution >= 4 is 17.5 Å². The Morgan fingerprint density at radius 1 is 1.44 bits per heavy atom. The topological polar surface area (TPSA) is 49.4 Å². The molecule has 4 nitrogen and oxygen atoms in total. The van der Waals surface area contributed by atoms with Gasteiger partial charge in [0, 0.05) is 31.3 Å². The lowest BCUT2D eigenvalue weighted by Crippen LogP contribution is -2.35. The van der Waals surface area contributed by atoms with Crippen molar-refractivity contribution in [3.63, 3.8) is 0 Å². The highest BCUT2D eigenvalue weighted by Crippen LogP contribution is 2.24. The third-order valence-corrected chi connectivity index (χ3v) is 3.18. The number of fused-ring (bicyclic) bond motifs is 1. The van der Waals surface area contributed by atoms with E-state index in [1.165, 1.54) is 0 Å². The minimum Gasteiger partial charge on any atom is -0.323 e. The van der Waals surface area contributed by atoms with Crippen LogP contribution < -0.4 is 5.32 Å². The molecule has 96 valence electrons. The second kappa shape index (κ2) is 5.21. The normalized spacial score (nSPS) is 14.1. The number of nitrogens with one attached hydrogen (secondary N) is 1. The Morgan fingerprint density at radius 2 is 2.22 bits per heavy atom. The summed E-state index contributed by atoms with van der Waals surface area (Å²) in [5.74, 6) is 0.180. The van der Waals surface area contributed by atoms with Crippen molar-refractivity contribution in [1.29, 1.82) is 0 Å². The first-order valence-corrected chi connectivity index (χ1v) is 6.30. The van der Waals surface area contributed by atoms with Gasteiger partial charge >= 0.3 is 6.03 Å². The van der Waals surface area contributed by atoms with Crippen molar-refractivity contribution < 1.29 is 9.59 Å². The fourth-order valence-corrected chi connectivity index (χ4v) is 2.04. The average molecular weight is 246 g/mol. The number of urea groups is 1. The molecule has 1 aliphatic rings. The number of anilines is 1. The van der Waals surface area contributed by atoms with E-state index in [0.29, 0.717) is 13.0 Å². The Hall–Kier alpha value is -1.84. The number of hydrogen-bond acceptors (Lipinski definition) is 2. The van der Waals surface area contributed by atoms with Crippen LogP contribution in [0.4, 0.5) is 10.5 Å². The van der Waals surface area contributed by atoms with Crippen molar-refractivity contribution in [2.24, 2.45) is 0 Å². The number of nitrogens with zero attached hydrogens (tertiary/aromatic N) is 1. The summed E-state index contributed by atoms with van der Waals surface area (Å²) >= 11 is 0. The predicted octanol–water partition coefficient (Wildman–Crippen LogP) is 3.04. The van der Waals surface area contributed by atoms with Crippen LogP contribution in [-0.2, 0) is 6.54 Å². The van der Waals surface area contributed by atoms with E-state index >= 15 is 0 Å². The summed E-state index contributed by atoms with van der Waals surface area (Å²) < 4.78 is 0. The van der Waals surface area contributed by atoms with Crippen molar-refractivity contribution in [1.82, 2.24) is 4.90 Å². The molecule has 1 heterocycles. The van der Waals surface area contributed by atoms with E-state index < -0.39 is 0 Å². The molecule has 0 aliphatic carbocycles. The number of rotatable bonds is 4. The van der Waals surface area contributed by atoms with Crippen LogP contribution in [-0.4, -0.2) is 23.8 Å². The molecule has 4 heteroatoms.